The number of hydrogen-bond acceptors (Lipinski definition) is 4. The molecular weight excluding hydrogens is 755 g/mol. The van der Waals surface area contributed by atoms with E-state index in [1.807, 2.05) is 0 Å². The van der Waals surface area contributed by atoms with Gasteiger partial charge < -0.3 is 4.74 Å². The molecule has 3 aliphatic heterocycles. The van der Waals surface area contributed by atoms with Gasteiger partial charge in [0.15, 0.2) is 0 Å². The minimum atomic E-state index is 0.0778. The van der Waals surface area contributed by atoms with E-state index in [4.69, 9.17) is 24.5 Å². The molecule has 1 unspecified atom stereocenters. The highest BCUT2D eigenvalue weighted by molar-refractivity contribution is 5.20. The smallest absolute Gasteiger partial charge is 0.102 e. The lowest BCUT2D eigenvalue weighted by molar-refractivity contribution is -0.0995. The molecule has 1 atom stereocenters. The van der Waals surface area contributed by atoms with E-state index in [-0.39, 0.29) is 45.3 Å². The number of ether oxygens (including phenoxy) is 1. The third kappa shape index (κ3) is 12.7. The van der Waals surface area contributed by atoms with Crippen LogP contribution in [0.5, 0.6) is 0 Å². The molecule has 4 heteroatoms. The maximum absolute atomic E-state index is 7.26. The monoisotopic (exact) mass is 858 g/mol. The lowest BCUT2D eigenvalue weighted by Crippen LogP contribution is -2.63. The predicted molar refractivity (Wildman–Crippen MR) is 269 cm³/mol. The third-order valence-corrected chi connectivity index (χ3v) is 18.3. The fourth-order valence-corrected chi connectivity index (χ4v) is 16.1. The van der Waals surface area contributed by atoms with E-state index in [1.165, 1.54) is 153 Å². The predicted octanol–water partition coefficient (Wildman–Crippen LogP) is 15.7. The van der Waals surface area contributed by atoms with Crippen molar-refractivity contribution in [3.63, 3.8) is 0 Å². The van der Waals surface area contributed by atoms with Crippen molar-refractivity contribution in [3.8, 4) is 0 Å². The molecule has 0 radical (unpaired) electrons. The van der Waals surface area contributed by atoms with Gasteiger partial charge in [-0.2, -0.15) is 0 Å². The van der Waals surface area contributed by atoms with Crippen LogP contribution in [0.4, 0.5) is 0 Å². The summed E-state index contributed by atoms with van der Waals surface area (Å²) in [6.45, 7) is 48.8. The average Bonchev–Trinajstić information content (AvgIpc) is 3.15. The van der Waals surface area contributed by atoms with Gasteiger partial charge in [-0.05, 0) is 196 Å². The van der Waals surface area contributed by atoms with Crippen LogP contribution >= 0.6 is 0 Å². The van der Waals surface area contributed by atoms with Gasteiger partial charge in [0.05, 0.1) is 5.76 Å². The molecule has 4 nitrogen and oxygen atoms in total. The summed E-state index contributed by atoms with van der Waals surface area (Å²) in [7, 11) is 0. The van der Waals surface area contributed by atoms with Crippen molar-refractivity contribution in [2.75, 3.05) is 19.6 Å². The molecule has 6 fully saturated rings. The lowest BCUT2D eigenvalue weighted by atomic mass is 9.69. The van der Waals surface area contributed by atoms with E-state index in [0.29, 0.717) is 11.8 Å². The van der Waals surface area contributed by atoms with Gasteiger partial charge >= 0.3 is 0 Å². The average molecular weight is 858 g/mol. The summed E-state index contributed by atoms with van der Waals surface area (Å²) in [5, 5.41) is 0. The van der Waals surface area contributed by atoms with Gasteiger partial charge in [0, 0.05) is 71.6 Å². The maximum Gasteiger partial charge on any atom is 0.102 e. The highest BCUT2D eigenvalue weighted by Crippen LogP contribution is 2.49. The number of nitrogens with zero attached hydrogens (tertiary/aromatic N) is 3. The second-order valence-electron chi connectivity index (χ2n) is 27.0. The number of hydrogen-bond donors (Lipinski definition) is 0. The molecule has 0 aromatic rings. The van der Waals surface area contributed by atoms with Crippen LogP contribution in [-0.2, 0) is 4.74 Å². The molecule has 3 saturated carbocycles. The molecule has 0 aromatic heterocycles. The molecule has 3 aliphatic carbocycles. The molecular formula is C58H103N3O. The topological polar surface area (TPSA) is 19.0 Å². The Hall–Kier alpha value is -1.10. The summed E-state index contributed by atoms with van der Waals surface area (Å²) in [4.78, 5) is 8.71. The van der Waals surface area contributed by atoms with Gasteiger partial charge in [-0.1, -0.05) is 88.7 Å². The minimum absolute atomic E-state index is 0.0778. The lowest BCUT2D eigenvalue weighted by Gasteiger charge is -2.57. The normalized spacial score (nSPS) is 29.0. The summed E-state index contributed by atoms with van der Waals surface area (Å²) in [5.41, 5.74) is 3.60. The summed E-state index contributed by atoms with van der Waals surface area (Å²) in [5.74, 6) is 4.88. The van der Waals surface area contributed by atoms with Crippen LogP contribution in [-0.4, -0.2) is 73.7 Å². The fourth-order valence-electron chi connectivity index (χ4n) is 16.1. The van der Waals surface area contributed by atoms with Gasteiger partial charge in [-0.25, -0.2) is 0 Å². The summed E-state index contributed by atoms with van der Waals surface area (Å²) in [6, 6.07) is 0. The molecule has 0 aromatic carbocycles. The number of likely N-dealkylation sites (tertiary alicyclic amines) is 3. The highest BCUT2D eigenvalue weighted by atomic mass is 16.5. The Kier molecular flexibility index (Phi) is 16.2. The first-order valence-electron chi connectivity index (χ1n) is 26.9. The second kappa shape index (κ2) is 20.0. The van der Waals surface area contributed by atoms with E-state index in [2.05, 4.69) is 97.8 Å². The van der Waals surface area contributed by atoms with Gasteiger partial charge in [0.25, 0.3) is 0 Å². The van der Waals surface area contributed by atoms with Crippen LogP contribution in [0.3, 0.4) is 0 Å². The van der Waals surface area contributed by atoms with Crippen LogP contribution in [0.25, 0.3) is 0 Å². The Morgan fingerprint density at radius 1 is 0.435 bits per heavy atom. The molecule has 356 valence electrons. The SMILES string of the molecule is C=C(CC1CC(C)(C)N(CC2CCCCC2)C(C)(C)C1)CC(C(=C)CC1CC(C)(C)N(CC2CCCCC2)C(C)(C)C1)C(=C)OC1CC(C)(C)N(CC2CCCCC2)C(C)(C)C1. The zero-order chi connectivity index (χ0) is 45.3. The quantitative estimate of drug-likeness (QED) is 0.114. The number of rotatable bonds is 16. The zero-order valence-corrected chi connectivity index (χ0v) is 43.5. The van der Waals surface area contributed by atoms with E-state index >= 15 is 0 Å². The van der Waals surface area contributed by atoms with Crippen molar-refractivity contribution in [3.05, 3.63) is 36.6 Å². The molecule has 0 amide bonds. The van der Waals surface area contributed by atoms with Gasteiger partial charge in [0.1, 0.15) is 6.10 Å². The van der Waals surface area contributed by atoms with Gasteiger partial charge in [-0.15, -0.1) is 0 Å². The standard InChI is InChI=1S/C58H103N3O/c1-43(31-49-34-53(4,5)59(54(6,7)35-49)40-46-25-19-16-20-26-46)32-52(44(2)33-50-36-55(8,9)60(56(10,11)37-50)41-47-27-21-17-22-28-47)45(3)62-51-38-57(12,13)61(58(14,15)39-51)42-48-29-23-18-24-30-48/h46-52H,1-3,16-42H2,4-15H3. The van der Waals surface area contributed by atoms with Gasteiger partial charge in [-0.3, -0.25) is 14.7 Å². The van der Waals surface area contributed by atoms with Crippen LogP contribution in [0, 0.1) is 35.5 Å². The van der Waals surface area contributed by atoms with Gasteiger partial charge in [0.2, 0.25) is 0 Å². The Morgan fingerprint density at radius 2 is 0.742 bits per heavy atom. The fraction of sp³-hybridized carbons (Fsp3) is 0.897. The van der Waals surface area contributed by atoms with E-state index < -0.39 is 0 Å². The minimum Gasteiger partial charge on any atom is -0.495 e. The Morgan fingerprint density at radius 3 is 1.08 bits per heavy atom. The molecule has 0 spiro atoms. The zero-order valence-electron chi connectivity index (χ0n) is 43.5. The maximum atomic E-state index is 7.26. The van der Waals surface area contributed by atoms with Crippen LogP contribution in [0.15, 0.2) is 36.6 Å². The molecule has 3 saturated heterocycles. The first-order chi connectivity index (χ1) is 28.9. The number of piperidine rings is 3. The molecule has 62 heavy (non-hydrogen) atoms. The third-order valence-electron chi connectivity index (χ3n) is 18.3. The van der Waals surface area contributed by atoms with Crippen molar-refractivity contribution < 1.29 is 4.74 Å². The molecule has 3 heterocycles. The van der Waals surface area contributed by atoms with Crippen LogP contribution in [0.1, 0.15) is 237 Å². The Labute approximate surface area is 386 Å². The van der Waals surface area contributed by atoms with E-state index in [1.54, 1.807) is 0 Å². The van der Waals surface area contributed by atoms with Crippen molar-refractivity contribution in [2.24, 2.45) is 35.5 Å². The van der Waals surface area contributed by atoms with Crippen molar-refractivity contribution >= 4 is 0 Å². The van der Waals surface area contributed by atoms with Crippen molar-refractivity contribution in [2.45, 2.75) is 277 Å². The Bertz CT molecular complexity index is 1370. The second-order valence-corrected chi connectivity index (χ2v) is 27.0. The van der Waals surface area contributed by atoms with Crippen LogP contribution in [0.2, 0.25) is 0 Å². The van der Waals surface area contributed by atoms with Crippen molar-refractivity contribution in [1.82, 2.24) is 14.7 Å². The van der Waals surface area contributed by atoms with Crippen LogP contribution < -0.4 is 0 Å². The van der Waals surface area contributed by atoms with E-state index in [9.17, 15) is 0 Å². The summed E-state index contributed by atoms with van der Waals surface area (Å²) >= 11 is 0. The largest absolute Gasteiger partial charge is 0.495 e. The summed E-state index contributed by atoms with van der Waals surface area (Å²) in [6.07, 6.45) is 31.6. The first-order valence-corrected chi connectivity index (χ1v) is 26.9. The molecule has 0 N–H and O–H groups in total. The molecule has 6 rings (SSSR count). The Balaban J connectivity index is 1.16. The summed E-state index contributed by atoms with van der Waals surface area (Å²) < 4.78 is 7.26. The highest BCUT2D eigenvalue weighted by Gasteiger charge is 2.49. The molecule has 6 aliphatic rings. The van der Waals surface area contributed by atoms with E-state index in [0.717, 1.165) is 55.6 Å². The van der Waals surface area contributed by atoms with Crippen molar-refractivity contribution in [1.29, 1.82) is 0 Å². The molecule has 0 bridgehead atoms. The first kappa shape index (κ1) is 50.3. The number of allylic oxidation sites excluding steroid dienone is 2.